The molecule has 1 aromatic rings. The second kappa shape index (κ2) is 5.99. The van der Waals surface area contributed by atoms with Crippen LogP contribution in [0.25, 0.3) is 0 Å². The Morgan fingerprint density at radius 2 is 2.42 bits per heavy atom. The lowest BCUT2D eigenvalue weighted by atomic mass is 10.2. The summed E-state index contributed by atoms with van der Waals surface area (Å²) in [6.45, 7) is 1.65. The fourth-order valence-electron chi connectivity index (χ4n) is 2.06. The standard InChI is InChI=1S/C13H18FN3O2/c1-17(10-4-5-19-8-10)7-13(18)16-12-3-2-9(14)6-11(12)15/h2-3,6,10H,4-5,7-8,15H2,1H3,(H,16,18). The van der Waals surface area contributed by atoms with Gasteiger partial charge < -0.3 is 15.8 Å². The number of likely N-dealkylation sites (N-methyl/N-ethyl adjacent to an activating group) is 1. The highest BCUT2D eigenvalue weighted by Crippen LogP contribution is 2.19. The topological polar surface area (TPSA) is 67.6 Å². The number of halogens is 1. The number of hydrogen-bond acceptors (Lipinski definition) is 4. The molecule has 3 N–H and O–H groups in total. The van der Waals surface area contributed by atoms with Crippen LogP contribution in [0.5, 0.6) is 0 Å². The Labute approximate surface area is 111 Å². The van der Waals surface area contributed by atoms with Crippen molar-refractivity contribution in [1.82, 2.24) is 4.90 Å². The first kappa shape index (κ1) is 13.8. The molecule has 6 heteroatoms. The van der Waals surface area contributed by atoms with E-state index in [1.54, 1.807) is 0 Å². The number of amides is 1. The van der Waals surface area contributed by atoms with Gasteiger partial charge in [-0.1, -0.05) is 0 Å². The van der Waals surface area contributed by atoms with Crippen LogP contribution >= 0.6 is 0 Å². The highest BCUT2D eigenvalue weighted by atomic mass is 19.1. The number of rotatable bonds is 4. The molecule has 1 atom stereocenters. The number of ether oxygens (including phenoxy) is 1. The Morgan fingerprint density at radius 3 is 3.05 bits per heavy atom. The highest BCUT2D eigenvalue weighted by molar-refractivity contribution is 5.95. The molecule has 5 nitrogen and oxygen atoms in total. The van der Waals surface area contributed by atoms with Crippen molar-refractivity contribution in [2.24, 2.45) is 0 Å². The third-order valence-electron chi connectivity index (χ3n) is 3.21. The van der Waals surface area contributed by atoms with Gasteiger partial charge in [0.2, 0.25) is 5.91 Å². The molecule has 2 rings (SSSR count). The summed E-state index contributed by atoms with van der Waals surface area (Å²) >= 11 is 0. The predicted molar refractivity (Wildman–Crippen MR) is 71.3 cm³/mol. The first-order chi connectivity index (χ1) is 9.06. The lowest BCUT2D eigenvalue weighted by Crippen LogP contribution is -2.38. The van der Waals surface area contributed by atoms with Crippen LogP contribution in [0.3, 0.4) is 0 Å². The van der Waals surface area contributed by atoms with E-state index < -0.39 is 5.82 Å². The number of nitrogens with zero attached hydrogens (tertiary/aromatic N) is 1. The Kier molecular flexibility index (Phi) is 4.34. The molecule has 19 heavy (non-hydrogen) atoms. The molecule has 0 aromatic heterocycles. The molecule has 0 spiro atoms. The normalized spacial score (nSPS) is 18.8. The van der Waals surface area contributed by atoms with E-state index in [9.17, 15) is 9.18 Å². The predicted octanol–water partition coefficient (Wildman–Crippen LogP) is 1.07. The summed E-state index contributed by atoms with van der Waals surface area (Å²) < 4.78 is 18.2. The Balaban J connectivity index is 1.89. The Morgan fingerprint density at radius 1 is 1.63 bits per heavy atom. The summed E-state index contributed by atoms with van der Waals surface area (Å²) in [5.41, 5.74) is 6.29. The van der Waals surface area contributed by atoms with Gasteiger partial charge in [0.05, 0.1) is 24.5 Å². The number of nitrogen functional groups attached to an aromatic ring is 1. The van der Waals surface area contributed by atoms with E-state index in [4.69, 9.17) is 10.5 Å². The third kappa shape index (κ3) is 3.65. The van der Waals surface area contributed by atoms with Crippen molar-refractivity contribution >= 4 is 17.3 Å². The molecule has 1 unspecified atom stereocenters. The van der Waals surface area contributed by atoms with Crippen molar-refractivity contribution in [3.63, 3.8) is 0 Å². The molecule has 1 heterocycles. The molecule has 0 aliphatic carbocycles. The maximum absolute atomic E-state index is 12.9. The minimum atomic E-state index is -0.421. The van der Waals surface area contributed by atoms with E-state index in [1.165, 1.54) is 18.2 Å². The number of carbonyl (C=O) groups excluding carboxylic acids is 1. The molecule has 1 amide bonds. The summed E-state index contributed by atoms with van der Waals surface area (Å²) in [5.74, 6) is -0.594. The fourth-order valence-corrected chi connectivity index (χ4v) is 2.06. The van der Waals surface area contributed by atoms with Gasteiger partial charge in [-0.3, -0.25) is 9.69 Å². The van der Waals surface area contributed by atoms with Gasteiger partial charge in [0.15, 0.2) is 0 Å². The van der Waals surface area contributed by atoms with Crippen LogP contribution in [-0.2, 0) is 9.53 Å². The van der Waals surface area contributed by atoms with Crippen LogP contribution < -0.4 is 11.1 Å². The molecular formula is C13H18FN3O2. The zero-order chi connectivity index (χ0) is 13.8. The first-order valence-electron chi connectivity index (χ1n) is 6.19. The van der Waals surface area contributed by atoms with Crippen molar-refractivity contribution in [3.05, 3.63) is 24.0 Å². The molecule has 1 aliphatic heterocycles. The first-order valence-corrected chi connectivity index (χ1v) is 6.19. The fraction of sp³-hybridized carbons (Fsp3) is 0.462. The Bertz CT molecular complexity index is 461. The molecule has 0 saturated carbocycles. The molecule has 1 aliphatic rings. The van der Waals surface area contributed by atoms with E-state index in [2.05, 4.69) is 5.32 Å². The van der Waals surface area contributed by atoms with E-state index in [0.717, 1.165) is 13.0 Å². The minimum Gasteiger partial charge on any atom is -0.397 e. The number of benzene rings is 1. The summed E-state index contributed by atoms with van der Waals surface area (Å²) in [6.07, 6.45) is 0.933. The Hall–Kier alpha value is -1.66. The number of anilines is 2. The van der Waals surface area contributed by atoms with Gasteiger partial charge in [-0.25, -0.2) is 4.39 Å². The van der Waals surface area contributed by atoms with Crippen molar-refractivity contribution < 1.29 is 13.9 Å². The monoisotopic (exact) mass is 267 g/mol. The molecular weight excluding hydrogens is 249 g/mol. The second-order valence-electron chi connectivity index (χ2n) is 4.71. The van der Waals surface area contributed by atoms with Crippen LogP contribution in [0.2, 0.25) is 0 Å². The van der Waals surface area contributed by atoms with E-state index >= 15 is 0 Å². The van der Waals surface area contributed by atoms with Gasteiger partial charge in [-0.15, -0.1) is 0 Å². The SMILES string of the molecule is CN(CC(=O)Nc1ccc(F)cc1N)C1CCOC1. The maximum Gasteiger partial charge on any atom is 0.238 e. The molecule has 1 fully saturated rings. The van der Waals surface area contributed by atoms with Crippen molar-refractivity contribution in [2.45, 2.75) is 12.5 Å². The van der Waals surface area contributed by atoms with E-state index in [1.807, 2.05) is 11.9 Å². The van der Waals surface area contributed by atoms with Crippen LogP contribution in [0, 0.1) is 5.82 Å². The van der Waals surface area contributed by atoms with Gasteiger partial charge >= 0.3 is 0 Å². The zero-order valence-corrected chi connectivity index (χ0v) is 10.9. The lowest BCUT2D eigenvalue weighted by Gasteiger charge is -2.22. The summed E-state index contributed by atoms with van der Waals surface area (Å²) in [4.78, 5) is 13.8. The average molecular weight is 267 g/mol. The molecule has 1 aromatic carbocycles. The smallest absolute Gasteiger partial charge is 0.238 e. The van der Waals surface area contributed by atoms with Crippen molar-refractivity contribution in [2.75, 3.05) is 37.9 Å². The third-order valence-corrected chi connectivity index (χ3v) is 3.21. The molecule has 1 saturated heterocycles. The zero-order valence-electron chi connectivity index (χ0n) is 10.9. The van der Waals surface area contributed by atoms with Gasteiger partial charge in [0.1, 0.15) is 5.82 Å². The summed E-state index contributed by atoms with van der Waals surface area (Å²) in [5, 5.41) is 2.68. The van der Waals surface area contributed by atoms with Gasteiger partial charge in [0.25, 0.3) is 0 Å². The largest absolute Gasteiger partial charge is 0.397 e. The van der Waals surface area contributed by atoms with Crippen LogP contribution in [0.4, 0.5) is 15.8 Å². The lowest BCUT2D eigenvalue weighted by molar-refractivity contribution is -0.117. The maximum atomic E-state index is 12.9. The summed E-state index contributed by atoms with van der Waals surface area (Å²) in [6, 6.07) is 4.18. The van der Waals surface area contributed by atoms with Crippen LogP contribution in [0.1, 0.15) is 6.42 Å². The number of carbonyl (C=O) groups is 1. The van der Waals surface area contributed by atoms with Crippen LogP contribution in [-0.4, -0.2) is 43.7 Å². The average Bonchev–Trinajstić information content (AvgIpc) is 2.86. The molecule has 104 valence electrons. The number of nitrogens with one attached hydrogen (secondary N) is 1. The summed E-state index contributed by atoms with van der Waals surface area (Å²) in [7, 11) is 1.88. The van der Waals surface area contributed by atoms with Gasteiger partial charge in [0, 0.05) is 12.6 Å². The minimum absolute atomic E-state index is 0.173. The van der Waals surface area contributed by atoms with Gasteiger partial charge in [-0.05, 0) is 31.7 Å². The van der Waals surface area contributed by atoms with E-state index in [0.29, 0.717) is 12.3 Å². The van der Waals surface area contributed by atoms with Gasteiger partial charge in [-0.2, -0.15) is 0 Å². The number of nitrogens with two attached hydrogens (primary N) is 1. The van der Waals surface area contributed by atoms with Crippen LogP contribution in [0.15, 0.2) is 18.2 Å². The molecule has 0 radical (unpaired) electrons. The quantitative estimate of drug-likeness (QED) is 0.801. The second-order valence-corrected chi connectivity index (χ2v) is 4.71. The van der Waals surface area contributed by atoms with Crippen molar-refractivity contribution in [1.29, 1.82) is 0 Å². The molecule has 0 bridgehead atoms. The highest BCUT2D eigenvalue weighted by Gasteiger charge is 2.22. The van der Waals surface area contributed by atoms with E-state index in [-0.39, 0.29) is 24.2 Å². The number of hydrogen-bond donors (Lipinski definition) is 2. The van der Waals surface area contributed by atoms with Crippen molar-refractivity contribution in [3.8, 4) is 0 Å².